The zero-order chi connectivity index (χ0) is 15.6. The standard InChI is InChI=1S/C18H22FNO/c1-11-6-7-16(21-5)15(8-11)18(20-4)14-9-12(2)17(19)13(3)10-14/h6-10,18,20H,1-5H3. The Morgan fingerprint density at radius 2 is 1.67 bits per heavy atom. The van der Waals surface area contributed by atoms with Gasteiger partial charge in [0.15, 0.2) is 0 Å². The van der Waals surface area contributed by atoms with E-state index in [0.29, 0.717) is 11.1 Å². The lowest BCUT2D eigenvalue weighted by atomic mass is 9.94. The summed E-state index contributed by atoms with van der Waals surface area (Å²) in [6, 6.07) is 9.86. The average Bonchev–Trinajstić information content (AvgIpc) is 2.46. The number of ether oxygens (including phenoxy) is 1. The first kappa shape index (κ1) is 15.5. The Bertz CT molecular complexity index is 629. The number of benzene rings is 2. The Balaban J connectivity index is 2.57. The molecule has 112 valence electrons. The molecule has 0 spiro atoms. The first-order valence-electron chi connectivity index (χ1n) is 7.06. The highest BCUT2D eigenvalue weighted by atomic mass is 19.1. The summed E-state index contributed by atoms with van der Waals surface area (Å²) in [6.07, 6.45) is 0. The Morgan fingerprint density at radius 3 is 2.19 bits per heavy atom. The van der Waals surface area contributed by atoms with Crippen molar-refractivity contribution in [2.45, 2.75) is 26.8 Å². The van der Waals surface area contributed by atoms with Gasteiger partial charge in [-0.2, -0.15) is 0 Å². The third-order valence-corrected chi connectivity index (χ3v) is 3.78. The van der Waals surface area contributed by atoms with Crippen molar-refractivity contribution < 1.29 is 9.13 Å². The van der Waals surface area contributed by atoms with E-state index in [1.807, 2.05) is 31.3 Å². The smallest absolute Gasteiger partial charge is 0.129 e. The van der Waals surface area contributed by atoms with Crippen LogP contribution in [0.5, 0.6) is 5.75 Å². The van der Waals surface area contributed by atoms with Crippen molar-refractivity contribution in [3.05, 3.63) is 64.0 Å². The van der Waals surface area contributed by atoms with Gasteiger partial charge in [-0.15, -0.1) is 0 Å². The van der Waals surface area contributed by atoms with Crippen LogP contribution >= 0.6 is 0 Å². The Morgan fingerprint density at radius 1 is 1.05 bits per heavy atom. The van der Waals surface area contributed by atoms with Gasteiger partial charge in [-0.05, 0) is 50.6 Å². The van der Waals surface area contributed by atoms with Crippen molar-refractivity contribution in [3.63, 3.8) is 0 Å². The Labute approximate surface area is 126 Å². The van der Waals surface area contributed by atoms with E-state index < -0.39 is 0 Å². The fourth-order valence-electron chi connectivity index (χ4n) is 2.73. The predicted octanol–water partition coefficient (Wildman–Crippen LogP) is 4.07. The van der Waals surface area contributed by atoms with E-state index in [2.05, 4.69) is 18.3 Å². The minimum absolute atomic E-state index is 0.0298. The van der Waals surface area contributed by atoms with Crippen LogP contribution in [0.15, 0.2) is 30.3 Å². The van der Waals surface area contributed by atoms with Gasteiger partial charge < -0.3 is 10.1 Å². The lowest BCUT2D eigenvalue weighted by Gasteiger charge is -2.21. The molecule has 0 amide bonds. The van der Waals surface area contributed by atoms with Gasteiger partial charge in [-0.25, -0.2) is 4.39 Å². The van der Waals surface area contributed by atoms with E-state index in [9.17, 15) is 4.39 Å². The molecular weight excluding hydrogens is 265 g/mol. The molecule has 2 rings (SSSR count). The molecule has 21 heavy (non-hydrogen) atoms. The van der Waals surface area contributed by atoms with E-state index in [1.165, 1.54) is 5.56 Å². The van der Waals surface area contributed by atoms with E-state index >= 15 is 0 Å². The van der Waals surface area contributed by atoms with E-state index in [4.69, 9.17) is 4.74 Å². The molecule has 3 heteroatoms. The van der Waals surface area contributed by atoms with E-state index in [1.54, 1.807) is 21.0 Å². The molecule has 2 nitrogen and oxygen atoms in total. The maximum atomic E-state index is 13.8. The molecular formula is C18H22FNO. The van der Waals surface area contributed by atoms with Crippen LogP contribution in [0.1, 0.15) is 33.9 Å². The van der Waals surface area contributed by atoms with Crippen LogP contribution in [0.25, 0.3) is 0 Å². The summed E-state index contributed by atoms with van der Waals surface area (Å²) in [6.45, 7) is 5.65. The molecule has 0 radical (unpaired) electrons. The third-order valence-electron chi connectivity index (χ3n) is 3.78. The molecule has 0 fully saturated rings. The summed E-state index contributed by atoms with van der Waals surface area (Å²) < 4.78 is 19.3. The average molecular weight is 287 g/mol. The van der Waals surface area contributed by atoms with Gasteiger partial charge in [0.25, 0.3) is 0 Å². The van der Waals surface area contributed by atoms with Crippen LogP contribution in [-0.4, -0.2) is 14.2 Å². The van der Waals surface area contributed by atoms with Crippen LogP contribution < -0.4 is 10.1 Å². The predicted molar refractivity (Wildman–Crippen MR) is 84.5 cm³/mol. The zero-order valence-corrected chi connectivity index (χ0v) is 13.3. The van der Waals surface area contributed by atoms with Crippen LogP contribution in [-0.2, 0) is 0 Å². The molecule has 0 bridgehead atoms. The maximum Gasteiger partial charge on any atom is 0.129 e. The molecule has 0 aliphatic carbocycles. The highest BCUT2D eigenvalue weighted by molar-refractivity contribution is 5.45. The van der Waals surface area contributed by atoms with E-state index in [0.717, 1.165) is 16.9 Å². The molecule has 0 saturated heterocycles. The zero-order valence-electron chi connectivity index (χ0n) is 13.3. The summed E-state index contributed by atoms with van der Waals surface area (Å²) in [5, 5.41) is 3.31. The van der Waals surface area contributed by atoms with Crippen LogP contribution in [0, 0.1) is 26.6 Å². The lowest BCUT2D eigenvalue weighted by molar-refractivity contribution is 0.405. The van der Waals surface area contributed by atoms with Gasteiger partial charge >= 0.3 is 0 Å². The fourth-order valence-corrected chi connectivity index (χ4v) is 2.73. The summed E-state index contributed by atoms with van der Waals surface area (Å²) in [5.74, 6) is 0.699. The molecule has 0 aliphatic heterocycles. The minimum atomic E-state index is -0.134. The summed E-state index contributed by atoms with van der Waals surface area (Å²) in [7, 11) is 3.57. The highest BCUT2D eigenvalue weighted by Crippen LogP contribution is 2.32. The number of hydrogen-bond donors (Lipinski definition) is 1. The minimum Gasteiger partial charge on any atom is -0.496 e. The SMILES string of the molecule is CNC(c1cc(C)c(F)c(C)c1)c1cc(C)ccc1OC. The van der Waals surface area contributed by atoms with Crippen molar-refractivity contribution >= 4 is 0 Å². The normalized spacial score (nSPS) is 12.3. The van der Waals surface area contributed by atoms with Gasteiger partial charge in [-0.3, -0.25) is 0 Å². The van der Waals surface area contributed by atoms with Crippen molar-refractivity contribution in [1.29, 1.82) is 0 Å². The first-order chi connectivity index (χ1) is 9.97. The van der Waals surface area contributed by atoms with Gasteiger partial charge in [-0.1, -0.05) is 29.8 Å². The van der Waals surface area contributed by atoms with E-state index in [-0.39, 0.29) is 11.9 Å². The molecule has 2 aromatic carbocycles. The lowest BCUT2D eigenvalue weighted by Crippen LogP contribution is -2.19. The van der Waals surface area contributed by atoms with Crippen LogP contribution in [0.3, 0.4) is 0 Å². The topological polar surface area (TPSA) is 21.3 Å². The number of aryl methyl sites for hydroxylation is 3. The molecule has 0 aliphatic rings. The van der Waals surface area contributed by atoms with Gasteiger partial charge in [0, 0.05) is 5.56 Å². The third kappa shape index (κ3) is 3.08. The molecule has 1 N–H and O–H groups in total. The van der Waals surface area contributed by atoms with Crippen molar-refractivity contribution in [1.82, 2.24) is 5.32 Å². The molecule has 1 atom stereocenters. The molecule has 1 unspecified atom stereocenters. The number of rotatable bonds is 4. The van der Waals surface area contributed by atoms with Gasteiger partial charge in [0.1, 0.15) is 11.6 Å². The van der Waals surface area contributed by atoms with Gasteiger partial charge in [0.2, 0.25) is 0 Å². The highest BCUT2D eigenvalue weighted by Gasteiger charge is 2.18. The Hall–Kier alpha value is -1.87. The second kappa shape index (κ2) is 6.27. The fraction of sp³-hybridized carbons (Fsp3) is 0.333. The molecule has 0 heterocycles. The Kier molecular flexibility index (Phi) is 4.63. The second-order valence-corrected chi connectivity index (χ2v) is 5.44. The van der Waals surface area contributed by atoms with Crippen LogP contribution in [0.2, 0.25) is 0 Å². The second-order valence-electron chi connectivity index (χ2n) is 5.44. The largest absolute Gasteiger partial charge is 0.496 e. The summed E-state index contributed by atoms with van der Waals surface area (Å²) in [5.41, 5.74) is 4.60. The van der Waals surface area contributed by atoms with Crippen molar-refractivity contribution in [2.75, 3.05) is 14.2 Å². The molecule has 0 saturated carbocycles. The maximum absolute atomic E-state index is 13.8. The monoisotopic (exact) mass is 287 g/mol. The number of hydrogen-bond acceptors (Lipinski definition) is 2. The summed E-state index contributed by atoms with van der Waals surface area (Å²) >= 11 is 0. The first-order valence-corrected chi connectivity index (χ1v) is 7.06. The van der Waals surface area contributed by atoms with Crippen molar-refractivity contribution in [2.24, 2.45) is 0 Å². The quantitative estimate of drug-likeness (QED) is 0.915. The number of methoxy groups -OCH3 is 1. The number of nitrogens with one attached hydrogen (secondary N) is 1. The van der Waals surface area contributed by atoms with Crippen molar-refractivity contribution in [3.8, 4) is 5.75 Å². The number of halogens is 1. The summed E-state index contributed by atoms with van der Waals surface area (Å²) in [4.78, 5) is 0. The van der Waals surface area contributed by atoms with Crippen LogP contribution in [0.4, 0.5) is 4.39 Å². The molecule has 2 aromatic rings. The van der Waals surface area contributed by atoms with Gasteiger partial charge in [0.05, 0.1) is 13.2 Å². The molecule has 0 aromatic heterocycles.